The Labute approximate surface area is 218 Å². The van der Waals surface area contributed by atoms with Gasteiger partial charge in [-0.15, -0.1) is 11.3 Å². The number of methoxy groups -OCH3 is 1. The number of ketones is 2. The van der Waals surface area contributed by atoms with Crippen LogP contribution in [0.3, 0.4) is 0 Å². The number of nitrogens with one attached hydrogen (secondary N) is 1. The van der Waals surface area contributed by atoms with E-state index in [-0.39, 0.29) is 42.0 Å². The maximum atomic E-state index is 14.1. The molecule has 1 N–H and O–H groups in total. The van der Waals surface area contributed by atoms with Gasteiger partial charge < -0.3 is 14.8 Å². The molecule has 6 nitrogen and oxygen atoms in total. The lowest BCUT2D eigenvalue weighted by Crippen LogP contribution is -2.34. The largest absolute Gasteiger partial charge is 0.493 e. The Kier molecular flexibility index (Phi) is 7.58. The first kappa shape index (κ1) is 25.0. The first-order valence-corrected chi connectivity index (χ1v) is 13.2. The minimum absolute atomic E-state index is 0.0317. The smallest absolute Gasteiger partial charge is 0.181 e. The van der Waals surface area contributed by atoms with Crippen molar-refractivity contribution in [2.75, 3.05) is 20.2 Å². The summed E-state index contributed by atoms with van der Waals surface area (Å²) in [4.78, 5) is 30.3. The average molecular weight is 519 g/mol. The Morgan fingerprint density at radius 3 is 2.62 bits per heavy atom. The minimum Gasteiger partial charge on any atom is -0.493 e. The number of carbonyl (C=O) groups excluding carboxylic acids is 2. The van der Waals surface area contributed by atoms with Crippen LogP contribution in [0.5, 0.6) is 11.5 Å². The molecule has 1 aliphatic rings. The first-order valence-electron chi connectivity index (χ1n) is 12.3. The van der Waals surface area contributed by atoms with Crippen LogP contribution in [-0.4, -0.2) is 42.9 Å². The first-order chi connectivity index (χ1) is 18.0. The third-order valence-electron chi connectivity index (χ3n) is 6.51. The molecule has 3 heterocycles. The summed E-state index contributed by atoms with van der Waals surface area (Å²) >= 11 is 1.31. The zero-order valence-corrected chi connectivity index (χ0v) is 21.3. The van der Waals surface area contributed by atoms with E-state index >= 15 is 0 Å². The molecule has 0 spiro atoms. The maximum absolute atomic E-state index is 14.1. The third-order valence-corrected chi connectivity index (χ3v) is 7.51. The zero-order chi connectivity index (χ0) is 25.8. The van der Waals surface area contributed by atoms with Crippen molar-refractivity contribution in [3.05, 3.63) is 77.1 Å². The summed E-state index contributed by atoms with van der Waals surface area (Å²) in [5, 5.41) is 5.92. The molecule has 0 aliphatic carbocycles. The number of nitrogens with zero attached hydrogens (tertiary/aromatic N) is 1. The molecule has 8 heteroatoms. The summed E-state index contributed by atoms with van der Waals surface area (Å²) in [5.41, 5.74) is 2.13. The van der Waals surface area contributed by atoms with Crippen LogP contribution in [0.2, 0.25) is 0 Å². The summed E-state index contributed by atoms with van der Waals surface area (Å²) in [6.45, 7) is 1.83. The molecule has 1 fully saturated rings. The van der Waals surface area contributed by atoms with Gasteiger partial charge in [0, 0.05) is 34.7 Å². The molecule has 0 saturated carbocycles. The normalized spacial score (nSPS) is 14.0. The fourth-order valence-electron chi connectivity index (χ4n) is 4.49. The Hall–Kier alpha value is -3.62. The fraction of sp³-hybridized carbons (Fsp3) is 0.276. The van der Waals surface area contributed by atoms with Crippen molar-refractivity contribution in [2.24, 2.45) is 0 Å². The lowest BCUT2D eigenvalue weighted by Gasteiger charge is -2.24. The molecule has 1 saturated heterocycles. The van der Waals surface area contributed by atoms with Gasteiger partial charge in [-0.3, -0.25) is 9.59 Å². The number of rotatable bonds is 9. The molecule has 5 rings (SSSR count). The number of benzene rings is 2. The average Bonchev–Trinajstić information content (AvgIpc) is 3.38. The highest BCUT2D eigenvalue weighted by atomic mass is 32.1. The predicted molar refractivity (Wildman–Crippen MR) is 142 cm³/mol. The highest BCUT2D eigenvalue weighted by molar-refractivity contribution is 7.17. The predicted octanol–water partition coefficient (Wildman–Crippen LogP) is 6.09. The van der Waals surface area contributed by atoms with Crippen LogP contribution in [0.25, 0.3) is 21.3 Å². The number of ether oxygens (including phenoxy) is 2. The molecular weight excluding hydrogens is 491 g/mol. The zero-order valence-electron chi connectivity index (χ0n) is 20.5. The van der Waals surface area contributed by atoms with Crippen molar-refractivity contribution >= 4 is 33.0 Å². The van der Waals surface area contributed by atoms with Crippen LogP contribution in [-0.2, 0) is 0 Å². The van der Waals surface area contributed by atoms with Gasteiger partial charge in [0.2, 0.25) is 0 Å². The number of hydrogen-bond acceptors (Lipinski definition) is 7. The van der Waals surface area contributed by atoms with Crippen LogP contribution in [0.1, 0.15) is 46.5 Å². The van der Waals surface area contributed by atoms with Crippen molar-refractivity contribution in [3.63, 3.8) is 0 Å². The highest BCUT2D eigenvalue weighted by Crippen LogP contribution is 2.35. The van der Waals surface area contributed by atoms with Crippen LogP contribution in [0.4, 0.5) is 4.39 Å². The van der Waals surface area contributed by atoms with Gasteiger partial charge in [0.05, 0.1) is 17.5 Å². The fourth-order valence-corrected chi connectivity index (χ4v) is 5.46. The van der Waals surface area contributed by atoms with Gasteiger partial charge in [-0.2, -0.15) is 0 Å². The van der Waals surface area contributed by atoms with Gasteiger partial charge in [-0.25, -0.2) is 9.37 Å². The summed E-state index contributed by atoms with van der Waals surface area (Å²) < 4.78 is 26.2. The highest BCUT2D eigenvalue weighted by Gasteiger charge is 2.19. The van der Waals surface area contributed by atoms with Crippen molar-refractivity contribution in [2.45, 2.75) is 31.8 Å². The lowest BCUT2D eigenvalue weighted by atomic mass is 10.0. The van der Waals surface area contributed by atoms with E-state index in [9.17, 15) is 14.0 Å². The Morgan fingerprint density at radius 1 is 1.03 bits per heavy atom. The second-order valence-corrected chi connectivity index (χ2v) is 9.83. The maximum Gasteiger partial charge on any atom is 0.181 e. The second-order valence-electron chi connectivity index (χ2n) is 8.95. The molecule has 0 unspecified atom stereocenters. The van der Waals surface area contributed by atoms with E-state index in [0.29, 0.717) is 27.5 Å². The molecule has 1 aliphatic heterocycles. The van der Waals surface area contributed by atoms with E-state index < -0.39 is 0 Å². The molecule has 2 aromatic heterocycles. The summed E-state index contributed by atoms with van der Waals surface area (Å²) in [7, 11) is 1.55. The van der Waals surface area contributed by atoms with Crippen molar-refractivity contribution < 1.29 is 23.5 Å². The van der Waals surface area contributed by atoms with E-state index in [1.807, 2.05) is 11.4 Å². The molecule has 37 heavy (non-hydrogen) atoms. The van der Waals surface area contributed by atoms with E-state index in [1.165, 1.54) is 17.4 Å². The van der Waals surface area contributed by atoms with Gasteiger partial charge in [-0.1, -0.05) is 18.2 Å². The molecule has 0 bridgehead atoms. The van der Waals surface area contributed by atoms with Crippen LogP contribution in [0, 0.1) is 5.82 Å². The summed E-state index contributed by atoms with van der Waals surface area (Å²) in [6.07, 6.45) is 2.03. The molecule has 0 atom stereocenters. The van der Waals surface area contributed by atoms with Gasteiger partial charge in [0.1, 0.15) is 17.6 Å². The number of halogens is 1. The van der Waals surface area contributed by atoms with Crippen LogP contribution >= 0.6 is 11.3 Å². The van der Waals surface area contributed by atoms with Crippen molar-refractivity contribution in [1.29, 1.82) is 0 Å². The standard InChI is InChI=1S/C29H27FN2O4S/c1-35-28-16-18(8-11-27(28)36-19-12-14-31-15-13-19)25(33)9-10-26(34)24-7-3-6-23(32-24)21-17-37-29-20(21)4-2-5-22(29)30/h2-8,11,16-17,19,31H,9-10,12-15H2,1H3. The van der Waals surface area contributed by atoms with Gasteiger partial charge in [0.15, 0.2) is 23.1 Å². The van der Waals surface area contributed by atoms with Gasteiger partial charge in [0.25, 0.3) is 0 Å². The second kappa shape index (κ2) is 11.2. The van der Waals surface area contributed by atoms with E-state index in [2.05, 4.69) is 10.3 Å². The Bertz CT molecular complexity index is 1450. The van der Waals surface area contributed by atoms with Crippen LogP contribution in [0.15, 0.2) is 60.0 Å². The number of thiophene rings is 1. The molecule has 4 aromatic rings. The molecule has 0 amide bonds. The quantitative estimate of drug-likeness (QED) is 0.270. The third kappa shape index (κ3) is 5.55. The number of fused-ring (bicyclic) bond motifs is 1. The van der Waals surface area contributed by atoms with Crippen molar-refractivity contribution in [3.8, 4) is 22.8 Å². The summed E-state index contributed by atoms with van der Waals surface area (Å²) in [5.74, 6) is 0.463. The van der Waals surface area contributed by atoms with E-state index in [4.69, 9.17) is 9.47 Å². The molecular formula is C29H27FN2O4S. The van der Waals surface area contributed by atoms with Crippen LogP contribution < -0.4 is 14.8 Å². The van der Waals surface area contributed by atoms with Crippen molar-refractivity contribution in [1.82, 2.24) is 10.3 Å². The number of Topliss-reactive ketones (excluding diaryl/α,β-unsaturated/α-hetero) is 2. The SMILES string of the molecule is COc1cc(C(=O)CCC(=O)c2cccc(-c3csc4c(F)cccc34)n2)ccc1OC1CCNCC1. The Balaban J connectivity index is 1.25. The Morgan fingerprint density at radius 2 is 1.81 bits per heavy atom. The monoisotopic (exact) mass is 518 g/mol. The summed E-state index contributed by atoms with van der Waals surface area (Å²) in [6, 6.07) is 15.3. The number of aromatic nitrogens is 1. The van der Waals surface area contributed by atoms with Gasteiger partial charge in [-0.05, 0) is 62.3 Å². The number of carbonyl (C=O) groups is 2. The molecule has 190 valence electrons. The lowest BCUT2D eigenvalue weighted by molar-refractivity contribution is 0.0914. The molecule has 0 radical (unpaired) electrons. The van der Waals surface area contributed by atoms with Gasteiger partial charge >= 0.3 is 0 Å². The number of piperidine rings is 1. The number of pyridine rings is 1. The topological polar surface area (TPSA) is 77.5 Å². The number of hydrogen-bond donors (Lipinski definition) is 1. The molecule has 2 aromatic carbocycles. The van der Waals surface area contributed by atoms with E-state index in [1.54, 1.807) is 49.6 Å². The minimum atomic E-state index is -0.276. The van der Waals surface area contributed by atoms with E-state index in [0.717, 1.165) is 36.9 Å².